The van der Waals surface area contributed by atoms with Gasteiger partial charge in [0, 0.05) is 0 Å². The molecule has 1 amide bonds. The minimum absolute atomic E-state index is 0.0700. The molecule has 0 aliphatic heterocycles. The van der Waals surface area contributed by atoms with Gasteiger partial charge in [-0.1, -0.05) is 19.1 Å². The normalized spacial score (nSPS) is 11.7. The van der Waals surface area contributed by atoms with Gasteiger partial charge < -0.3 is 15.0 Å². The van der Waals surface area contributed by atoms with Crippen LogP contribution in [0.5, 0.6) is 0 Å². The van der Waals surface area contributed by atoms with Crippen molar-refractivity contribution < 1.29 is 27.5 Å². The molecule has 0 fully saturated rings. The van der Waals surface area contributed by atoms with Crippen molar-refractivity contribution in [2.45, 2.75) is 26.6 Å². The molecule has 0 atom stereocenters. The molecule has 2 aromatic heterocycles. The number of H-pyrrole nitrogens is 1. The van der Waals surface area contributed by atoms with E-state index >= 15 is 0 Å². The van der Waals surface area contributed by atoms with Crippen LogP contribution in [-0.2, 0) is 22.3 Å². The van der Waals surface area contributed by atoms with Crippen LogP contribution in [0.3, 0.4) is 0 Å². The average molecular weight is 482 g/mol. The van der Waals surface area contributed by atoms with E-state index < -0.39 is 29.2 Å². The summed E-state index contributed by atoms with van der Waals surface area (Å²) < 4.78 is 44.2. The van der Waals surface area contributed by atoms with Gasteiger partial charge in [0.2, 0.25) is 5.91 Å². The largest absolute Gasteiger partial charge is 0.465 e. The van der Waals surface area contributed by atoms with E-state index in [1.165, 1.54) is 25.3 Å². The highest BCUT2D eigenvalue weighted by Gasteiger charge is 2.33. The van der Waals surface area contributed by atoms with Crippen molar-refractivity contribution in [3.05, 3.63) is 56.4 Å². The molecule has 33 heavy (non-hydrogen) atoms. The zero-order chi connectivity index (χ0) is 24.3. The maximum absolute atomic E-state index is 13.2. The first-order valence-electron chi connectivity index (χ1n) is 9.84. The molecule has 0 spiro atoms. The number of thiophene rings is 1. The molecule has 3 rings (SSSR count). The summed E-state index contributed by atoms with van der Waals surface area (Å²) in [5.74, 6) is -0.949. The minimum atomic E-state index is -4.60. The van der Waals surface area contributed by atoms with Crippen LogP contribution in [-0.4, -0.2) is 46.9 Å². The van der Waals surface area contributed by atoms with Crippen LogP contribution in [0.4, 0.5) is 18.9 Å². The number of alkyl halides is 3. The number of nitrogens with zero attached hydrogens (tertiary/aromatic N) is 2. The molecule has 0 radical (unpaired) electrons. The number of amides is 1. The molecule has 8 nitrogen and oxygen atoms in total. The number of carbonyl (C=O) groups excluding carboxylic acids is 2. The van der Waals surface area contributed by atoms with Gasteiger partial charge in [-0.05, 0) is 31.2 Å². The number of esters is 1. The van der Waals surface area contributed by atoms with E-state index in [0.717, 1.165) is 17.4 Å². The number of likely N-dealkylation sites (N-methyl/N-ethyl adjacent to an activating group) is 1. The fourth-order valence-corrected chi connectivity index (χ4v) is 4.39. The van der Waals surface area contributed by atoms with Gasteiger partial charge in [0.05, 0.1) is 36.8 Å². The number of aromatic amines is 1. The number of ether oxygens (including phenoxy) is 1. The van der Waals surface area contributed by atoms with Crippen LogP contribution in [0.15, 0.2) is 29.1 Å². The zero-order valence-electron chi connectivity index (χ0n) is 18.0. The zero-order valence-corrected chi connectivity index (χ0v) is 18.8. The van der Waals surface area contributed by atoms with E-state index in [-0.39, 0.29) is 34.9 Å². The van der Waals surface area contributed by atoms with Crippen LogP contribution in [0.1, 0.15) is 33.5 Å². The second-order valence-electron chi connectivity index (χ2n) is 7.14. The van der Waals surface area contributed by atoms with Crippen molar-refractivity contribution in [1.82, 2.24) is 14.9 Å². The topological polar surface area (TPSA) is 104 Å². The van der Waals surface area contributed by atoms with Gasteiger partial charge in [-0.2, -0.15) is 13.2 Å². The molecule has 2 N–H and O–H groups in total. The van der Waals surface area contributed by atoms with Crippen molar-refractivity contribution in [3.63, 3.8) is 0 Å². The molecule has 2 heterocycles. The Morgan fingerprint density at radius 1 is 1.27 bits per heavy atom. The lowest BCUT2D eigenvalue weighted by Crippen LogP contribution is -2.34. The van der Waals surface area contributed by atoms with Gasteiger partial charge in [-0.3, -0.25) is 14.5 Å². The number of hydrogen-bond acceptors (Lipinski definition) is 7. The van der Waals surface area contributed by atoms with Crippen molar-refractivity contribution >= 4 is 39.1 Å². The Hall–Kier alpha value is -3.25. The smallest absolute Gasteiger partial charge is 0.418 e. The number of rotatable bonds is 7. The van der Waals surface area contributed by atoms with Crippen LogP contribution in [0.2, 0.25) is 0 Å². The molecule has 0 aliphatic carbocycles. The Kier molecular flexibility index (Phi) is 7.18. The van der Waals surface area contributed by atoms with Crippen LogP contribution in [0.25, 0.3) is 10.2 Å². The van der Waals surface area contributed by atoms with E-state index in [1.807, 2.05) is 0 Å². The third-order valence-electron chi connectivity index (χ3n) is 4.91. The Balaban J connectivity index is 1.78. The second kappa shape index (κ2) is 9.71. The first kappa shape index (κ1) is 24.4. The van der Waals surface area contributed by atoms with Crippen molar-refractivity contribution in [2.75, 3.05) is 25.5 Å². The number of fused-ring (bicyclic) bond motifs is 1. The fourth-order valence-electron chi connectivity index (χ4n) is 3.27. The maximum Gasteiger partial charge on any atom is 0.418 e. The molecule has 0 aliphatic rings. The van der Waals surface area contributed by atoms with E-state index in [2.05, 4.69) is 15.3 Å². The summed E-state index contributed by atoms with van der Waals surface area (Å²) in [7, 11) is 1.24. The number of aryl methyl sites for hydroxylation is 1. The highest BCUT2D eigenvalue weighted by molar-refractivity contribution is 7.20. The molecule has 0 unspecified atom stereocenters. The number of anilines is 1. The summed E-state index contributed by atoms with van der Waals surface area (Å²) in [6.45, 7) is 3.61. The Morgan fingerprint density at radius 3 is 2.61 bits per heavy atom. The Morgan fingerprint density at radius 2 is 1.97 bits per heavy atom. The van der Waals surface area contributed by atoms with Gasteiger partial charge in [-0.25, -0.2) is 9.78 Å². The van der Waals surface area contributed by atoms with E-state index in [1.54, 1.807) is 18.7 Å². The molecular weight excluding hydrogens is 461 g/mol. The first-order valence-corrected chi connectivity index (χ1v) is 10.7. The van der Waals surface area contributed by atoms with Crippen LogP contribution < -0.4 is 10.9 Å². The Bertz CT molecular complexity index is 1250. The van der Waals surface area contributed by atoms with Crippen molar-refractivity contribution in [3.8, 4) is 0 Å². The molecular formula is C21H21F3N4O4S. The summed E-state index contributed by atoms with van der Waals surface area (Å²) in [6, 6.07) is 4.72. The number of methoxy groups -OCH3 is 1. The first-order chi connectivity index (χ1) is 15.5. The summed E-state index contributed by atoms with van der Waals surface area (Å²) >= 11 is 1.03. The monoisotopic (exact) mass is 482 g/mol. The van der Waals surface area contributed by atoms with Gasteiger partial charge >= 0.3 is 12.1 Å². The Labute approximate surface area is 190 Å². The molecule has 3 aromatic rings. The molecule has 0 saturated carbocycles. The summed E-state index contributed by atoms with van der Waals surface area (Å²) in [6.07, 6.45) is -4.60. The van der Waals surface area contributed by atoms with Gasteiger partial charge in [0.15, 0.2) is 0 Å². The third-order valence-corrected chi connectivity index (χ3v) is 6.08. The van der Waals surface area contributed by atoms with E-state index in [4.69, 9.17) is 4.74 Å². The standard InChI is InChI=1S/C21H21F3N4O4S/c1-4-28(10-15(29)25-13-8-6-5-7-12(13)21(22,23)24)9-14-26-18(30)16-11(2)17(20(31)32-3)33-19(16)27-14/h5-8H,4,9-10H2,1-3H3,(H,25,29)(H,26,27,30). The van der Waals surface area contributed by atoms with Gasteiger partial charge in [-0.15, -0.1) is 11.3 Å². The fraction of sp³-hybridized carbons (Fsp3) is 0.333. The molecule has 0 bridgehead atoms. The summed E-state index contributed by atoms with van der Waals surface area (Å²) in [5, 5.41) is 2.58. The number of hydrogen-bond donors (Lipinski definition) is 2. The van der Waals surface area contributed by atoms with Crippen molar-refractivity contribution in [1.29, 1.82) is 0 Å². The number of benzene rings is 1. The van der Waals surface area contributed by atoms with Crippen LogP contribution in [0, 0.1) is 6.92 Å². The number of aromatic nitrogens is 2. The molecule has 0 saturated heterocycles. The van der Waals surface area contributed by atoms with E-state index in [9.17, 15) is 27.6 Å². The van der Waals surface area contributed by atoms with Gasteiger partial charge in [0.1, 0.15) is 15.5 Å². The minimum Gasteiger partial charge on any atom is -0.465 e. The highest BCUT2D eigenvalue weighted by atomic mass is 32.1. The highest BCUT2D eigenvalue weighted by Crippen LogP contribution is 2.34. The number of halogens is 3. The quantitative estimate of drug-likeness (QED) is 0.499. The third kappa shape index (κ3) is 5.40. The molecule has 12 heteroatoms. The number of nitrogens with one attached hydrogen (secondary N) is 2. The lowest BCUT2D eigenvalue weighted by atomic mass is 10.1. The lowest BCUT2D eigenvalue weighted by molar-refractivity contribution is -0.137. The molecule has 176 valence electrons. The predicted octanol–water partition coefficient (Wildman–Crippen LogP) is 3.56. The maximum atomic E-state index is 13.2. The second-order valence-corrected chi connectivity index (χ2v) is 8.13. The van der Waals surface area contributed by atoms with E-state index in [0.29, 0.717) is 16.9 Å². The average Bonchev–Trinajstić information content (AvgIpc) is 3.09. The van der Waals surface area contributed by atoms with Gasteiger partial charge in [0.25, 0.3) is 5.56 Å². The number of carbonyl (C=O) groups is 2. The van der Waals surface area contributed by atoms with Crippen molar-refractivity contribution in [2.24, 2.45) is 0 Å². The summed E-state index contributed by atoms with van der Waals surface area (Å²) in [5.41, 5.74) is -1.23. The summed E-state index contributed by atoms with van der Waals surface area (Å²) in [4.78, 5) is 46.2. The van der Waals surface area contributed by atoms with Crippen LogP contribution >= 0.6 is 11.3 Å². The SMILES string of the molecule is CCN(CC(=O)Nc1ccccc1C(F)(F)F)Cc1nc2sc(C(=O)OC)c(C)c2c(=O)[nH]1. The predicted molar refractivity (Wildman–Crippen MR) is 117 cm³/mol. The lowest BCUT2D eigenvalue weighted by Gasteiger charge is -2.20. The molecule has 1 aromatic carbocycles. The number of para-hydroxylation sites is 1.